The number of hydrogen-bond acceptors (Lipinski definition) is 3. The van der Waals surface area contributed by atoms with Crippen molar-refractivity contribution in [1.29, 1.82) is 0 Å². The van der Waals surface area contributed by atoms with Gasteiger partial charge in [-0.1, -0.05) is 31.6 Å². The van der Waals surface area contributed by atoms with E-state index in [0.717, 1.165) is 19.3 Å². The Kier molecular flexibility index (Phi) is 1.72. The van der Waals surface area contributed by atoms with Crippen LogP contribution in [0.4, 0.5) is 0 Å². The molecule has 1 heterocycles. The van der Waals surface area contributed by atoms with Crippen molar-refractivity contribution in [3.05, 3.63) is 35.4 Å². The van der Waals surface area contributed by atoms with Gasteiger partial charge in [0.05, 0.1) is 5.41 Å². The highest BCUT2D eigenvalue weighted by atomic mass is 16.5. The topological polar surface area (TPSA) is 49.7 Å². The molecule has 0 amide bonds. The molecule has 4 aliphatic rings. The van der Waals surface area contributed by atoms with Gasteiger partial charge in [0.25, 0.3) is 0 Å². The predicted molar refractivity (Wildman–Crippen MR) is 73.9 cm³/mol. The van der Waals surface area contributed by atoms with E-state index in [2.05, 4.69) is 13.0 Å². The van der Waals surface area contributed by atoms with Crippen molar-refractivity contribution in [3.8, 4) is 11.5 Å². The Morgan fingerprint density at radius 2 is 2.20 bits per heavy atom. The van der Waals surface area contributed by atoms with E-state index in [0.29, 0.717) is 11.7 Å². The molecule has 104 valence electrons. The summed E-state index contributed by atoms with van der Waals surface area (Å²) in [5, 5.41) is 20.5. The molecular weight excluding hydrogens is 252 g/mol. The quantitative estimate of drug-likeness (QED) is 0.811. The van der Waals surface area contributed by atoms with Gasteiger partial charge in [-0.3, -0.25) is 0 Å². The zero-order chi connectivity index (χ0) is 13.7. The molecule has 0 bridgehead atoms. The molecule has 20 heavy (non-hydrogen) atoms. The molecular formula is C17H18O3. The highest BCUT2D eigenvalue weighted by Crippen LogP contribution is 2.84. The van der Waals surface area contributed by atoms with Crippen LogP contribution < -0.4 is 4.74 Å². The Bertz CT molecular complexity index is 664. The molecule has 1 aromatic rings. The number of benzene rings is 1. The molecule has 3 aliphatic carbocycles. The first-order valence-corrected chi connectivity index (χ1v) is 7.55. The first kappa shape index (κ1) is 11.2. The van der Waals surface area contributed by atoms with E-state index < -0.39 is 6.10 Å². The van der Waals surface area contributed by atoms with Gasteiger partial charge in [0, 0.05) is 5.56 Å². The van der Waals surface area contributed by atoms with Crippen LogP contribution in [-0.4, -0.2) is 22.4 Å². The maximum absolute atomic E-state index is 10.4. The summed E-state index contributed by atoms with van der Waals surface area (Å²) < 4.78 is 6.03. The lowest BCUT2D eigenvalue weighted by atomic mass is 9.82. The minimum Gasteiger partial charge on any atom is -0.504 e. The highest BCUT2D eigenvalue weighted by Gasteiger charge is 2.86. The molecule has 1 saturated carbocycles. The SMILES string of the molecule is CCC[C@]12Cc3ccc(O)c4c3[C@@]13C2C=C[C@H](O)[C@@H]3O4. The molecule has 5 atom stereocenters. The van der Waals surface area contributed by atoms with Crippen molar-refractivity contribution < 1.29 is 14.9 Å². The van der Waals surface area contributed by atoms with Crippen LogP contribution in [0.5, 0.6) is 11.5 Å². The van der Waals surface area contributed by atoms with Crippen LogP contribution in [0.2, 0.25) is 0 Å². The van der Waals surface area contributed by atoms with Crippen molar-refractivity contribution in [2.75, 3.05) is 0 Å². The maximum Gasteiger partial charge on any atom is 0.165 e. The molecule has 5 rings (SSSR count). The fourth-order valence-corrected chi connectivity index (χ4v) is 5.71. The molecule has 0 radical (unpaired) electrons. The number of allylic oxidation sites excluding steroid dienone is 1. The van der Waals surface area contributed by atoms with Crippen LogP contribution in [0.1, 0.15) is 30.9 Å². The van der Waals surface area contributed by atoms with Crippen LogP contribution in [-0.2, 0) is 11.8 Å². The van der Waals surface area contributed by atoms with Gasteiger partial charge in [-0.2, -0.15) is 0 Å². The Labute approximate surface area is 117 Å². The van der Waals surface area contributed by atoms with Crippen LogP contribution >= 0.6 is 0 Å². The average Bonchev–Trinajstić information content (AvgIpc) is 2.72. The number of aliphatic hydroxyl groups is 1. The van der Waals surface area contributed by atoms with E-state index >= 15 is 0 Å². The van der Waals surface area contributed by atoms with E-state index in [4.69, 9.17) is 4.74 Å². The summed E-state index contributed by atoms with van der Waals surface area (Å²) in [7, 11) is 0. The number of phenols is 1. The Hall–Kier alpha value is -1.48. The van der Waals surface area contributed by atoms with Crippen LogP contribution in [0.25, 0.3) is 0 Å². The number of rotatable bonds is 2. The largest absolute Gasteiger partial charge is 0.504 e. The monoisotopic (exact) mass is 270 g/mol. The molecule has 1 unspecified atom stereocenters. The normalized spacial score (nSPS) is 45.0. The third-order valence-corrected chi connectivity index (χ3v) is 6.17. The van der Waals surface area contributed by atoms with Crippen molar-refractivity contribution in [2.24, 2.45) is 11.3 Å². The number of aliphatic hydroxyl groups excluding tert-OH is 1. The van der Waals surface area contributed by atoms with Gasteiger partial charge in [0.15, 0.2) is 11.5 Å². The van der Waals surface area contributed by atoms with Gasteiger partial charge in [0.1, 0.15) is 12.2 Å². The highest BCUT2D eigenvalue weighted by molar-refractivity contribution is 5.69. The molecule has 1 aliphatic heterocycles. The van der Waals surface area contributed by atoms with E-state index in [1.165, 1.54) is 11.1 Å². The van der Waals surface area contributed by atoms with Crippen LogP contribution in [0.3, 0.4) is 0 Å². The second-order valence-corrected chi connectivity index (χ2v) is 6.79. The smallest absolute Gasteiger partial charge is 0.165 e. The Morgan fingerprint density at radius 3 is 3.00 bits per heavy atom. The first-order chi connectivity index (χ1) is 9.66. The van der Waals surface area contributed by atoms with Crippen molar-refractivity contribution in [2.45, 2.75) is 43.8 Å². The molecule has 0 aromatic heterocycles. The van der Waals surface area contributed by atoms with Gasteiger partial charge < -0.3 is 14.9 Å². The maximum atomic E-state index is 10.4. The number of ether oxygens (including phenoxy) is 1. The molecule has 1 spiro atoms. The van der Waals surface area contributed by atoms with Crippen LogP contribution in [0.15, 0.2) is 24.3 Å². The second-order valence-electron chi connectivity index (χ2n) is 6.79. The summed E-state index contributed by atoms with van der Waals surface area (Å²) in [6, 6.07) is 3.78. The van der Waals surface area contributed by atoms with Crippen molar-refractivity contribution in [1.82, 2.24) is 0 Å². The standard InChI is InChI=1S/C17H18O3/c1-2-7-16-8-9-3-4-10(18)14-13(9)17(16)12(16)6-5-11(19)15(17)20-14/h3-6,11-12,15,18-19H,2,7-8H2,1H3/t11-,12?,15-,16+,17+/m0/s1. The Morgan fingerprint density at radius 1 is 1.35 bits per heavy atom. The second kappa shape index (κ2) is 3.06. The lowest BCUT2D eigenvalue weighted by Crippen LogP contribution is -2.41. The lowest BCUT2D eigenvalue weighted by Gasteiger charge is -2.26. The van der Waals surface area contributed by atoms with E-state index in [1.54, 1.807) is 6.07 Å². The molecule has 2 N–H and O–H groups in total. The Balaban J connectivity index is 1.81. The lowest BCUT2D eigenvalue weighted by molar-refractivity contribution is 0.0444. The van der Waals surface area contributed by atoms with Gasteiger partial charge in [-0.05, 0) is 35.8 Å². The molecule has 3 nitrogen and oxygen atoms in total. The minimum atomic E-state index is -0.567. The molecule has 1 fully saturated rings. The van der Waals surface area contributed by atoms with E-state index in [1.807, 2.05) is 12.1 Å². The summed E-state index contributed by atoms with van der Waals surface area (Å²) in [4.78, 5) is 0. The zero-order valence-corrected chi connectivity index (χ0v) is 11.5. The van der Waals surface area contributed by atoms with Crippen molar-refractivity contribution >= 4 is 0 Å². The summed E-state index contributed by atoms with van der Waals surface area (Å²) >= 11 is 0. The fourth-order valence-electron chi connectivity index (χ4n) is 5.71. The van der Waals surface area contributed by atoms with Crippen LogP contribution in [0, 0.1) is 11.3 Å². The van der Waals surface area contributed by atoms with E-state index in [9.17, 15) is 10.2 Å². The third kappa shape index (κ3) is 0.848. The van der Waals surface area contributed by atoms with E-state index in [-0.39, 0.29) is 22.7 Å². The van der Waals surface area contributed by atoms with Gasteiger partial charge in [-0.15, -0.1) is 0 Å². The summed E-state index contributed by atoms with van der Waals surface area (Å²) in [6.45, 7) is 2.22. The van der Waals surface area contributed by atoms with Gasteiger partial charge >= 0.3 is 0 Å². The minimum absolute atomic E-state index is 0.0689. The molecule has 3 heteroatoms. The summed E-state index contributed by atoms with van der Waals surface area (Å²) in [6.07, 6.45) is 6.66. The summed E-state index contributed by atoms with van der Waals surface area (Å²) in [5.41, 5.74) is 2.65. The fraction of sp³-hybridized carbons (Fsp3) is 0.529. The predicted octanol–water partition coefficient (Wildman–Crippen LogP) is 2.29. The number of aromatic hydroxyl groups is 1. The number of fused-ring (bicyclic) bond motifs is 1. The zero-order valence-electron chi connectivity index (χ0n) is 11.5. The number of phenolic OH excluding ortho intramolecular Hbond substituents is 1. The molecule has 1 aromatic carbocycles. The first-order valence-electron chi connectivity index (χ1n) is 7.55. The van der Waals surface area contributed by atoms with Crippen molar-refractivity contribution in [3.63, 3.8) is 0 Å². The summed E-state index contributed by atoms with van der Waals surface area (Å²) in [5.74, 6) is 1.33. The average molecular weight is 270 g/mol. The number of hydrogen-bond donors (Lipinski definition) is 2. The third-order valence-electron chi connectivity index (χ3n) is 6.17. The van der Waals surface area contributed by atoms with Gasteiger partial charge in [-0.25, -0.2) is 0 Å². The van der Waals surface area contributed by atoms with Gasteiger partial charge in [0.2, 0.25) is 0 Å². The molecule has 0 saturated heterocycles.